The van der Waals surface area contributed by atoms with E-state index in [0.717, 1.165) is 76.2 Å². The summed E-state index contributed by atoms with van der Waals surface area (Å²) >= 11 is 0. The van der Waals surface area contributed by atoms with E-state index in [1.165, 1.54) is 35.1 Å². The van der Waals surface area contributed by atoms with Crippen molar-refractivity contribution in [3.05, 3.63) is 101 Å². The second kappa shape index (κ2) is 16.8. The van der Waals surface area contributed by atoms with Gasteiger partial charge in [-0.1, -0.05) is 54.6 Å². The Bertz CT molecular complexity index is 1290. The Labute approximate surface area is 263 Å². The van der Waals surface area contributed by atoms with E-state index in [1.54, 1.807) is 6.92 Å². The third-order valence-electron chi connectivity index (χ3n) is 8.55. The van der Waals surface area contributed by atoms with Gasteiger partial charge in [0.05, 0.1) is 0 Å². The number of carbonyl (C=O) groups excluding carboxylic acids is 2. The van der Waals surface area contributed by atoms with Crippen molar-refractivity contribution in [3.63, 3.8) is 0 Å². The second-order valence-corrected chi connectivity index (χ2v) is 11.7. The highest BCUT2D eigenvalue weighted by Gasteiger charge is 2.20. The molecule has 0 aromatic heterocycles. The smallest absolute Gasteiger partial charge is 0.221 e. The van der Waals surface area contributed by atoms with E-state index in [-0.39, 0.29) is 30.7 Å². The lowest BCUT2D eigenvalue weighted by atomic mass is 9.90. The minimum atomic E-state index is -0.0376. The molecular weight excluding hydrogens is 565 g/mol. The molecule has 3 aromatic rings. The zero-order chi connectivity index (χ0) is 27.7. The van der Waals surface area contributed by atoms with Crippen molar-refractivity contribution < 1.29 is 9.59 Å². The number of carbonyl (C=O) groups is 2. The molecule has 2 heterocycles. The molecular formula is C35H45Cl2N3O2. The Morgan fingerprint density at radius 2 is 1.43 bits per heavy atom. The molecule has 3 aromatic carbocycles. The molecule has 1 fully saturated rings. The molecule has 5 rings (SSSR count). The monoisotopic (exact) mass is 609 g/mol. The van der Waals surface area contributed by atoms with E-state index in [9.17, 15) is 9.59 Å². The predicted molar refractivity (Wildman–Crippen MR) is 177 cm³/mol. The van der Waals surface area contributed by atoms with Gasteiger partial charge in [0, 0.05) is 50.8 Å². The lowest BCUT2D eigenvalue weighted by Crippen LogP contribution is -2.33. The number of ketones is 1. The van der Waals surface area contributed by atoms with Crippen molar-refractivity contribution >= 4 is 42.2 Å². The number of anilines is 1. The summed E-state index contributed by atoms with van der Waals surface area (Å²) in [6.45, 7) is 7.74. The molecule has 0 radical (unpaired) electrons. The van der Waals surface area contributed by atoms with E-state index >= 15 is 0 Å². The fourth-order valence-electron chi connectivity index (χ4n) is 6.28. The molecule has 0 spiro atoms. The van der Waals surface area contributed by atoms with Crippen LogP contribution in [0.25, 0.3) is 0 Å². The van der Waals surface area contributed by atoms with Crippen LogP contribution in [0.3, 0.4) is 0 Å². The topological polar surface area (TPSA) is 52.7 Å². The summed E-state index contributed by atoms with van der Waals surface area (Å²) in [4.78, 5) is 29.5. The summed E-state index contributed by atoms with van der Waals surface area (Å²) in [6, 6.07) is 25.3. The van der Waals surface area contributed by atoms with Gasteiger partial charge in [-0.2, -0.15) is 0 Å². The summed E-state index contributed by atoms with van der Waals surface area (Å²) in [5.74, 6) is 0.964. The number of fused-ring (bicyclic) bond motifs is 1. The fourth-order valence-corrected chi connectivity index (χ4v) is 6.28. The molecule has 0 unspecified atom stereocenters. The average Bonchev–Trinajstić information content (AvgIpc) is 3.16. The molecule has 5 nitrogen and oxygen atoms in total. The number of piperidine rings is 1. The Morgan fingerprint density at radius 3 is 2.17 bits per heavy atom. The molecule has 1 amide bonds. The summed E-state index contributed by atoms with van der Waals surface area (Å²) in [6.07, 6.45) is 7.21. The van der Waals surface area contributed by atoms with Crippen molar-refractivity contribution in [2.75, 3.05) is 31.5 Å². The largest absolute Gasteiger partial charge is 0.326 e. The van der Waals surface area contributed by atoms with Gasteiger partial charge >= 0.3 is 0 Å². The van der Waals surface area contributed by atoms with Crippen LogP contribution in [-0.4, -0.2) is 47.7 Å². The zero-order valence-corrected chi connectivity index (χ0v) is 26.4. The summed E-state index contributed by atoms with van der Waals surface area (Å²) in [7, 11) is 0. The lowest BCUT2D eigenvalue weighted by molar-refractivity contribution is -0.114. The number of nitrogens with zero attached hydrogens (tertiary/aromatic N) is 2. The molecule has 42 heavy (non-hydrogen) atoms. The van der Waals surface area contributed by atoms with E-state index in [4.69, 9.17) is 0 Å². The van der Waals surface area contributed by atoms with Gasteiger partial charge in [-0.15, -0.1) is 24.8 Å². The molecule has 0 atom stereocenters. The van der Waals surface area contributed by atoms with E-state index in [0.29, 0.717) is 18.1 Å². The minimum absolute atomic E-state index is 0. The van der Waals surface area contributed by atoms with Crippen LogP contribution in [0.15, 0.2) is 72.8 Å². The maximum absolute atomic E-state index is 13.1. The molecule has 0 aliphatic carbocycles. The van der Waals surface area contributed by atoms with Gasteiger partial charge in [0.15, 0.2) is 5.78 Å². The number of nitrogens with one attached hydrogen (secondary N) is 1. The molecule has 1 saturated heterocycles. The molecule has 7 heteroatoms. The zero-order valence-electron chi connectivity index (χ0n) is 24.7. The first-order valence-corrected chi connectivity index (χ1v) is 15.0. The highest BCUT2D eigenvalue weighted by molar-refractivity contribution is 5.96. The average molecular weight is 611 g/mol. The molecule has 2 aliphatic rings. The molecule has 1 N–H and O–H groups in total. The third kappa shape index (κ3) is 9.95. The maximum atomic E-state index is 13.1. The van der Waals surface area contributed by atoms with Crippen LogP contribution in [0.4, 0.5) is 5.69 Å². The van der Waals surface area contributed by atoms with Gasteiger partial charge in [-0.25, -0.2) is 0 Å². The number of hydrogen-bond donors (Lipinski definition) is 1. The Kier molecular flexibility index (Phi) is 13.5. The van der Waals surface area contributed by atoms with Gasteiger partial charge < -0.3 is 5.32 Å². The van der Waals surface area contributed by atoms with Crippen LogP contribution in [0.5, 0.6) is 0 Å². The van der Waals surface area contributed by atoms with Crippen LogP contribution >= 0.6 is 24.8 Å². The van der Waals surface area contributed by atoms with Crippen molar-refractivity contribution in [2.24, 2.45) is 5.92 Å². The van der Waals surface area contributed by atoms with Crippen molar-refractivity contribution in [1.29, 1.82) is 0 Å². The quantitative estimate of drug-likeness (QED) is 0.244. The molecule has 0 bridgehead atoms. The van der Waals surface area contributed by atoms with Gasteiger partial charge in [-0.05, 0) is 98.0 Å². The first kappa shape index (κ1) is 33.8. The number of Topliss-reactive ketones (excluding diaryl/α,β-unsaturated/α-hetero) is 1. The molecule has 2 aliphatic heterocycles. The number of hydrogen-bond acceptors (Lipinski definition) is 4. The Balaban J connectivity index is 0.00000242. The standard InChI is InChI=1S/C35H43N3O2.2ClH/c1-27(39)36-34-11-5-10-30(23-34)26-37-19-15-28(16-20-37)9-6-12-35(40)33-14-13-31-17-21-38(22-18-32(31)24-33)25-29-7-3-2-4-8-29;;/h2-5,7-8,10-11,13-14,23-24,28H,6,9,12,15-22,25-26H2,1H3,(H,36,39);2*1H. The van der Waals surface area contributed by atoms with Gasteiger partial charge in [0.25, 0.3) is 0 Å². The first-order chi connectivity index (χ1) is 19.5. The summed E-state index contributed by atoms with van der Waals surface area (Å²) in [5.41, 5.74) is 7.12. The van der Waals surface area contributed by atoms with E-state index < -0.39 is 0 Å². The van der Waals surface area contributed by atoms with Crippen LogP contribution in [0.1, 0.15) is 71.6 Å². The van der Waals surface area contributed by atoms with Gasteiger partial charge in [0.2, 0.25) is 5.91 Å². The molecule has 226 valence electrons. The number of rotatable bonds is 10. The highest BCUT2D eigenvalue weighted by Crippen LogP contribution is 2.26. The number of halogens is 2. The normalized spacial score (nSPS) is 15.9. The number of benzene rings is 3. The predicted octanol–water partition coefficient (Wildman–Crippen LogP) is 7.35. The van der Waals surface area contributed by atoms with Crippen molar-refractivity contribution in [3.8, 4) is 0 Å². The first-order valence-electron chi connectivity index (χ1n) is 15.0. The van der Waals surface area contributed by atoms with Gasteiger partial charge in [-0.3, -0.25) is 19.4 Å². The third-order valence-corrected chi connectivity index (χ3v) is 8.55. The van der Waals surface area contributed by atoms with E-state index in [1.807, 2.05) is 12.1 Å². The van der Waals surface area contributed by atoms with Crippen LogP contribution in [-0.2, 0) is 30.7 Å². The Hall–Kier alpha value is -2.70. The fraction of sp³-hybridized carbons (Fsp3) is 0.429. The minimum Gasteiger partial charge on any atom is -0.326 e. The highest BCUT2D eigenvalue weighted by atomic mass is 35.5. The van der Waals surface area contributed by atoms with Crippen molar-refractivity contribution in [2.45, 2.75) is 65.0 Å². The van der Waals surface area contributed by atoms with E-state index in [2.05, 4.69) is 75.8 Å². The van der Waals surface area contributed by atoms with Crippen molar-refractivity contribution in [1.82, 2.24) is 9.80 Å². The summed E-state index contributed by atoms with van der Waals surface area (Å²) < 4.78 is 0. The van der Waals surface area contributed by atoms with Crippen LogP contribution < -0.4 is 5.32 Å². The second-order valence-electron chi connectivity index (χ2n) is 11.7. The SMILES string of the molecule is CC(=O)Nc1cccc(CN2CCC(CCCC(=O)c3ccc4c(c3)CCN(Cc3ccccc3)CC4)CC2)c1.Cl.Cl. The lowest BCUT2D eigenvalue weighted by Gasteiger charge is -2.32. The van der Waals surface area contributed by atoms with Gasteiger partial charge in [0.1, 0.15) is 0 Å². The van der Waals surface area contributed by atoms with Crippen LogP contribution in [0.2, 0.25) is 0 Å². The summed E-state index contributed by atoms with van der Waals surface area (Å²) in [5, 5.41) is 2.87. The number of likely N-dealkylation sites (tertiary alicyclic amines) is 1. The maximum Gasteiger partial charge on any atom is 0.221 e. The number of amides is 1. The van der Waals surface area contributed by atoms with Crippen LogP contribution in [0, 0.1) is 5.92 Å². The molecule has 0 saturated carbocycles. The Morgan fingerprint density at radius 1 is 0.762 bits per heavy atom.